The van der Waals surface area contributed by atoms with Gasteiger partial charge >= 0.3 is 6.18 Å². The molecule has 1 fully saturated rings. The molecule has 3 heterocycles. The smallest absolute Gasteiger partial charge is 0.355 e. The van der Waals surface area contributed by atoms with Crippen LogP contribution in [0.5, 0.6) is 0 Å². The molecule has 10 heteroatoms. The minimum Gasteiger partial charge on any atom is -0.355 e. The van der Waals surface area contributed by atoms with Gasteiger partial charge in [-0.25, -0.2) is 4.98 Å². The normalized spacial score (nSPS) is 15.9. The lowest BCUT2D eigenvalue weighted by molar-refractivity contribution is -0.137. The molecule has 6 nitrogen and oxygen atoms in total. The van der Waals surface area contributed by atoms with Gasteiger partial charge in [0.2, 0.25) is 0 Å². The number of alkyl halides is 3. The third kappa shape index (κ3) is 4.18. The summed E-state index contributed by atoms with van der Waals surface area (Å²) >= 11 is 6.02. The van der Waals surface area contributed by atoms with Gasteiger partial charge in [0.1, 0.15) is 11.5 Å². The zero-order valence-corrected chi connectivity index (χ0v) is 15.6. The first-order valence-corrected chi connectivity index (χ1v) is 8.79. The zero-order chi connectivity index (χ0) is 19.8. The van der Waals surface area contributed by atoms with Crippen molar-refractivity contribution in [3.05, 3.63) is 40.8 Å². The molecule has 3 rings (SSSR count). The van der Waals surface area contributed by atoms with Crippen molar-refractivity contribution in [3.63, 3.8) is 0 Å². The fourth-order valence-corrected chi connectivity index (χ4v) is 3.44. The molecular formula is C17H19ClF3N5O. The van der Waals surface area contributed by atoms with Gasteiger partial charge in [0.25, 0.3) is 5.91 Å². The van der Waals surface area contributed by atoms with Gasteiger partial charge in [0.15, 0.2) is 0 Å². The van der Waals surface area contributed by atoms with Gasteiger partial charge in [0, 0.05) is 45.6 Å². The van der Waals surface area contributed by atoms with E-state index >= 15 is 0 Å². The summed E-state index contributed by atoms with van der Waals surface area (Å²) in [4.78, 5) is 19.9. The van der Waals surface area contributed by atoms with E-state index in [1.807, 2.05) is 4.90 Å². The van der Waals surface area contributed by atoms with Gasteiger partial charge in [-0.15, -0.1) is 0 Å². The van der Waals surface area contributed by atoms with E-state index in [2.05, 4.69) is 10.1 Å². The zero-order valence-electron chi connectivity index (χ0n) is 14.9. The van der Waals surface area contributed by atoms with Crippen LogP contribution in [0.4, 0.5) is 19.0 Å². The summed E-state index contributed by atoms with van der Waals surface area (Å²) < 4.78 is 39.8. The fourth-order valence-electron chi connectivity index (χ4n) is 3.16. The average molecular weight is 402 g/mol. The van der Waals surface area contributed by atoms with Gasteiger partial charge in [-0.1, -0.05) is 11.6 Å². The molecule has 1 amide bonds. The first kappa shape index (κ1) is 19.5. The SMILES string of the molecule is CN(C(=O)c1ccn(C)n1)C1CCN(c2ncc(C(F)(F)F)cc2Cl)CC1. The van der Waals surface area contributed by atoms with Crippen LogP contribution >= 0.6 is 11.6 Å². The monoisotopic (exact) mass is 401 g/mol. The Hall–Kier alpha value is -2.29. The first-order chi connectivity index (χ1) is 12.7. The second-order valence-electron chi connectivity index (χ2n) is 6.54. The third-order valence-electron chi connectivity index (χ3n) is 4.71. The molecular weight excluding hydrogens is 383 g/mol. The molecule has 0 N–H and O–H groups in total. The Bertz CT molecular complexity index is 830. The highest BCUT2D eigenvalue weighted by atomic mass is 35.5. The van der Waals surface area contributed by atoms with Crippen LogP contribution in [-0.4, -0.2) is 51.8 Å². The minimum atomic E-state index is -4.48. The Balaban J connectivity index is 1.64. The van der Waals surface area contributed by atoms with Crippen LogP contribution in [0.2, 0.25) is 5.02 Å². The van der Waals surface area contributed by atoms with Crippen LogP contribution in [0, 0.1) is 0 Å². The van der Waals surface area contributed by atoms with Crippen molar-refractivity contribution in [2.45, 2.75) is 25.1 Å². The summed E-state index contributed by atoms with van der Waals surface area (Å²) in [6.07, 6.45) is -0.648. The van der Waals surface area contributed by atoms with Gasteiger partial charge in [0.05, 0.1) is 10.6 Å². The lowest BCUT2D eigenvalue weighted by atomic mass is 10.0. The number of carbonyl (C=O) groups excluding carboxylic acids is 1. The molecule has 1 saturated heterocycles. The topological polar surface area (TPSA) is 54.3 Å². The predicted molar refractivity (Wildman–Crippen MR) is 94.8 cm³/mol. The van der Waals surface area contributed by atoms with Crippen molar-refractivity contribution in [3.8, 4) is 0 Å². The lowest BCUT2D eigenvalue weighted by Gasteiger charge is -2.37. The molecule has 1 aliphatic rings. The van der Waals surface area contributed by atoms with E-state index in [1.54, 1.807) is 35.9 Å². The molecule has 0 spiro atoms. The molecule has 2 aromatic heterocycles. The highest BCUT2D eigenvalue weighted by Crippen LogP contribution is 2.34. The first-order valence-electron chi connectivity index (χ1n) is 8.41. The third-order valence-corrected chi connectivity index (χ3v) is 4.99. The number of pyridine rings is 1. The number of rotatable bonds is 3. The number of hydrogen-bond donors (Lipinski definition) is 0. The Morgan fingerprint density at radius 3 is 2.52 bits per heavy atom. The van der Waals surface area contributed by atoms with Gasteiger partial charge in [-0.2, -0.15) is 18.3 Å². The summed E-state index contributed by atoms with van der Waals surface area (Å²) in [5, 5.41) is 4.10. The van der Waals surface area contributed by atoms with Crippen LogP contribution in [0.1, 0.15) is 28.9 Å². The summed E-state index contributed by atoms with van der Waals surface area (Å²) in [6.45, 7) is 1.09. The number of hydrogen-bond acceptors (Lipinski definition) is 4. The lowest BCUT2D eigenvalue weighted by Crippen LogP contribution is -2.46. The number of amides is 1. The maximum absolute atomic E-state index is 12.7. The summed E-state index contributed by atoms with van der Waals surface area (Å²) in [7, 11) is 3.48. The van der Waals surface area contributed by atoms with E-state index in [0.717, 1.165) is 12.3 Å². The Kier molecular flexibility index (Phi) is 5.32. The van der Waals surface area contributed by atoms with Crippen molar-refractivity contribution in [2.75, 3.05) is 25.0 Å². The Labute approximate surface area is 159 Å². The van der Waals surface area contributed by atoms with E-state index in [-0.39, 0.29) is 17.0 Å². The molecule has 0 atom stereocenters. The highest BCUT2D eigenvalue weighted by molar-refractivity contribution is 6.33. The molecule has 0 unspecified atom stereocenters. The number of nitrogens with zero attached hydrogens (tertiary/aromatic N) is 5. The van der Waals surface area contributed by atoms with Gasteiger partial charge < -0.3 is 9.80 Å². The van der Waals surface area contributed by atoms with Crippen LogP contribution in [0.3, 0.4) is 0 Å². The van der Waals surface area contributed by atoms with Crippen molar-refractivity contribution in [1.82, 2.24) is 19.7 Å². The van der Waals surface area contributed by atoms with Crippen molar-refractivity contribution >= 4 is 23.3 Å². The molecule has 27 heavy (non-hydrogen) atoms. The molecule has 0 bridgehead atoms. The average Bonchev–Trinajstić information content (AvgIpc) is 3.06. The minimum absolute atomic E-state index is 0.0176. The van der Waals surface area contributed by atoms with E-state index < -0.39 is 11.7 Å². The molecule has 0 radical (unpaired) electrons. The summed E-state index contributed by atoms with van der Waals surface area (Å²) in [6, 6.07) is 2.58. The number of anilines is 1. The number of aromatic nitrogens is 3. The quantitative estimate of drug-likeness (QED) is 0.792. The molecule has 146 valence electrons. The second kappa shape index (κ2) is 7.38. The van der Waals surface area contributed by atoms with Crippen molar-refractivity contribution < 1.29 is 18.0 Å². The van der Waals surface area contributed by atoms with E-state index in [4.69, 9.17) is 11.6 Å². The molecule has 1 aliphatic heterocycles. The van der Waals surface area contributed by atoms with Crippen LogP contribution in [0.25, 0.3) is 0 Å². The Morgan fingerprint density at radius 1 is 1.33 bits per heavy atom. The van der Waals surface area contributed by atoms with Crippen molar-refractivity contribution in [2.24, 2.45) is 7.05 Å². The molecule has 0 aromatic carbocycles. The van der Waals surface area contributed by atoms with E-state index in [0.29, 0.717) is 37.4 Å². The maximum atomic E-state index is 12.7. The van der Waals surface area contributed by atoms with Gasteiger partial charge in [-0.3, -0.25) is 9.48 Å². The van der Waals surface area contributed by atoms with Crippen LogP contribution < -0.4 is 4.90 Å². The van der Waals surface area contributed by atoms with E-state index in [1.165, 1.54) is 0 Å². The molecule has 2 aromatic rings. The highest BCUT2D eigenvalue weighted by Gasteiger charge is 2.33. The fraction of sp³-hybridized carbons (Fsp3) is 0.471. The largest absolute Gasteiger partial charge is 0.417 e. The predicted octanol–water partition coefficient (Wildman–Crippen LogP) is 3.23. The van der Waals surface area contributed by atoms with E-state index in [9.17, 15) is 18.0 Å². The number of halogens is 4. The maximum Gasteiger partial charge on any atom is 0.417 e. The number of piperidine rings is 1. The number of aryl methyl sites for hydroxylation is 1. The van der Waals surface area contributed by atoms with Crippen molar-refractivity contribution in [1.29, 1.82) is 0 Å². The summed E-state index contributed by atoms with van der Waals surface area (Å²) in [5.74, 6) is 0.182. The Morgan fingerprint density at radius 2 is 2.00 bits per heavy atom. The number of carbonyl (C=O) groups is 1. The molecule has 0 aliphatic carbocycles. The molecule has 0 saturated carbocycles. The standard InChI is InChI=1S/C17H19ClF3N5O/c1-24-6-5-14(23-24)16(27)25(2)12-3-7-26(8-4-12)15-13(18)9-11(10-22-15)17(19,20)21/h5-6,9-10,12H,3-4,7-8H2,1-2H3. The van der Waals surface area contributed by atoms with Crippen LogP contribution in [-0.2, 0) is 13.2 Å². The second-order valence-corrected chi connectivity index (χ2v) is 6.94. The summed E-state index contributed by atoms with van der Waals surface area (Å²) in [5.41, 5.74) is -0.485. The van der Waals surface area contributed by atoms with Crippen LogP contribution in [0.15, 0.2) is 24.5 Å². The van der Waals surface area contributed by atoms with Gasteiger partial charge in [-0.05, 0) is 25.0 Å².